The molecule has 0 rings (SSSR count). The molecule has 0 amide bonds. The number of rotatable bonds is 5. The summed E-state index contributed by atoms with van der Waals surface area (Å²) in [7, 11) is 0. The van der Waals surface area contributed by atoms with Gasteiger partial charge in [0.25, 0.3) is 0 Å². The first-order chi connectivity index (χ1) is 7.19. The Hall–Kier alpha value is -0.620. The zero-order chi connectivity index (χ0) is 12.8. The van der Waals surface area contributed by atoms with Crippen LogP contribution in [0.3, 0.4) is 0 Å². The van der Waals surface area contributed by atoms with E-state index in [2.05, 4.69) is 4.74 Å². The largest absolute Gasteiger partial charge is 0.423 e. The molecule has 0 saturated heterocycles. The minimum Gasteiger partial charge on any atom is -0.361 e. The third kappa shape index (κ3) is 6.07. The van der Waals surface area contributed by atoms with E-state index in [-0.39, 0.29) is 12.2 Å². The van der Waals surface area contributed by atoms with E-state index in [1.807, 2.05) is 0 Å². The lowest BCUT2D eigenvalue weighted by atomic mass is 10.3. The van der Waals surface area contributed by atoms with Crippen LogP contribution in [0.5, 0.6) is 0 Å². The number of nitrogens with zero attached hydrogens (tertiary/aromatic N) is 1. The van der Waals surface area contributed by atoms with Crippen LogP contribution in [-0.4, -0.2) is 30.8 Å². The average Bonchev–Trinajstić information content (AvgIpc) is 2.06. The molecule has 0 unspecified atom stereocenters. The highest BCUT2D eigenvalue weighted by atomic mass is 32.2. The van der Waals surface area contributed by atoms with Gasteiger partial charge in [0, 0.05) is 12.4 Å². The highest BCUT2D eigenvalue weighted by Crippen LogP contribution is 2.35. The fourth-order valence-corrected chi connectivity index (χ4v) is 1.11. The first-order valence-corrected chi connectivity index (χ1v) is 4.94. The summed E-state index contributed by atoms with van der Waals surface area (Å²) in [5.41, 5.74) is 0. The van der Waals surface area contributed by atoms with Gasteiger partial charge < -0.3 is 4.74 Å². The number of thioether (sulfide) groups is 1. The van der Waals surface area contributed by atoms with Gasteiger partial charge in [-0.05, 0) is 18.2 Å². The summed E-state index contributed by atoms with van der Waals surface area (Å²) < 4.78 is 75.1. The summed E-state index contributed by atoms with van der Waals surface area (Å²) in [6.45, 7) is -0.696. The molecular formula is C7H7F6NOS. The summed E-state index contributed by atoms with van der Waals surface area (Å²) in [5, 5.41) is 9.68. The van der Waals surface area contributed by atoms with E-state index in [0.29, 0.717) is 0 Å². The van der Waals surface area contributed by atoms with Crippen LogP contribution >= 0.6 is 11.8 Å². The molecule has 94 valence electrons. The third-order valence-electron chi connectivity index (χ3n) is 1.33. The number of halogens is 6. The van der Waals surface area contributed by atoms with Crippen molar-refractivity contribution in [1.82, 2.24) is 0 Å². The normalized spacial score (nSPS) is 12.9. The van der Waals surface area contributed by atoms with E-state index >= 15 is 0 Å². The molecule has 0 fully saturated rings. The summed E-state index contributed by atoms with van der Waals surface area (Å²) in [6.07, 6.45) is -14.8. The second kappa shape index (κ2) is 6.20. The Morgan fingerprint density at radius 3 is 2.00 bits per heavy atom. The minimum atomic E-state index is -5.47. The Morgan fingerprint density at radius 2 is 1.62 bits per heavy atom. The van der Waals surface area contributed by atoms with Crippen molar-refractivity contribution in [2.24, 2.45) is 0 Å². The summed E-state index contributed by atoms with van der Waals surface area (Å²) >= 11 is 0.738. The van der Waals surface area contributed by atoms with Crippen LogP contribution in [0.1, 0.15) is 6.42 Å². The molecule has 0 aromatic heterocycles. The standard InChI is InChI=1S/C7H7F6NOS/c8-6(9,10)5(7(11,12)13)15-2-1-3-16-4-14/h5H,1-3H2. The van der Waals surface area contributed by atoms with Crippen LogP contribution in [0.15, 0.2) is 0 Å². The second-order valence-electron chi connectivity index (χ2n) is 2.63. The first kappa shape index (κ1) is 15.4. The molecule has 0 atom stereocenters. The van der Waals surface area contributed by atoms with Crippen LogP contribution in [0.4, 0.5) is 26.3 Å². The molecule has 9 heteroatoms. The van der Waals surface area contributed by atoms with Gasteiger partial charge in [0.05, 0.1) is 0 Å². The van der Waals surface area contributed by atoms with Crippen molar-refractivity contribution < 1.29 is 31.1 Å². The smallest absolute Gasteiger partial charge is 0.361 e. The molecule has 16 heavy (non-hydrogen) atoms. The van der Waals surface area contributed by atoms with Gasteiger partial charge in [0.15, 0.2) is 0 Å². The van der Waals surface area contributed by atoms with E-state index in [4.69, 9.17) is 5.26 Å². The number of thiocyanates is 1. The van der Waals surface area contributed by atoms with E-state index in [0.717, 1.165) is 11.8 Å². The Kier molecular flexibility index (Phi) is 5.96. The van der Waals surface area contributed by atoms with E-state index < -0.39 is 25.1 Å². The van der Waals surface area contributed by atoms with Gasteiger partial charge in [-0.15, -0.1) is 0 Å². The van der Waals surface area contributed by atoms with Crippen molar-refractivity contribution in [3.63, 3.8) is 0 Å². The Morgan fingerprint density at radius 1 is 1.12 bits per heavy atom. The maximum Gasteiger partial charge on any atom is 0.423 e. The summed E-state index contributed by atoms with van der Waals surface area (Å²) in [5.74, 6) is 0.124. The van der Waals surface area contributed by atoms with Crippen LogP contribution in [-0.2, 0) is 4.74 Å². The fourth-order valence-electron chi connectivity index (χ4n) is 0.752. The van der Waals surface area contributed by atoms with Crippen molar-refractivity contribution in [2.75, 3.05) is 12.4 Å². The second-order valence-corrected chi connectivity index (χ2v) is 3.51. The molecule has 0 radical (unpaired) electrons. The van der Waals surface area contributed by atoms with Crippen LogP contribution in [0.25, 0.3) is 0 Å². The van der Waals surface area contributed by atoms with Gasteiger partial charge in [-0.25, -0.2) is 0 Å². The van der Waals surface area contributed by atoms with Crippen molar-refractivity contribution in [3.8, 4) is 5.40 Å². The predicted octanol–water partition coefficient (Wildman–Crippen LogP) is 3.10. The average molecular weight is 267 g/mol. The Bertz CT molecular complexity index is 231. The molecule has 0 aliphatic heterocycles. The predicted molar refractivity (Wildman–Crippen MR) is 44.5 cm³/mol. The molecule has 0 aliphatic rings. The molecule has 0 saturated carbocycles. The van der Waals surface area contributed by atoms with Crippen LogP contribution in [0.2, 0.25) is 0 Å². The van der Waals surface area contributed by atoms with Gasteiger partial charge in [-0.2, -0.15) is 31.6 Å². The maximum absolute atomic E-state index is 11.9. The van der Waals surface area contributed by atoms with Gasteiger partial charge in [0.2, 0.25) is 6.10 Å². The van der Waals surface area contributed by atoms with E-state index in [1.165, 1.54) is 0 Å². The number of alkyl halides is 6. The molecular weight excluding hydrogens is 260 g/mol. The van der Waals surface area contributed by atoms with Crippen LogP contribution in [0, 0.1) is 10.7 Å². The summed E-state index contributed by atoms with van der Waals surface area (Å²) in [4.78, 5) is 0. The molecule has 0 N–H and O–H groups in total. The molecule has 0 heterocycles. The minimum absolute atomic E-state index is 0.0547. The molecule has 0 aromatic carbocycles. The van der Waals surface area contributed by atoms with Crippen molar-refractivity contribution in [3.05, 3.63) is 0 Å². The fraction of sp³-hybridized carbons (Fsp3) is 0.857. The van der Waals surface area contributed by atoms with E-state index in [1.54, 1.807) is 5.40 Å². The molecule has 0 aromatic rings. The van der Waals surface area contributed by atoms with Crippen molar-refractivity contribution in [2.45, 2.75) is 24.9 Å². The first-order valence-electron chi connectivity index (χ1n) is 3.95. The Labute approximate surface area is 91.6 Å². The topological polar surface area (TPSA) is 33.0 Å². The Balaban J connectivity index is 4.12. The van der Waals surface area contributed by atoms with Crippen LogP contribution < -0.4 is 0 Å². The lowest BCUT2D eigenvalue weighted by Crippen LogP contribution is -2.44. The zero-order valence-corrected chi connectivity index (χ0v) is 8.55. The van der Waals surface area contributed by atoms with E-state index in [9.17, 15) is 26.3 Å². The zero-order valence-electron chi connectivity index (χ0n) is 7.73. The van der Waals surface area contributed by atoms with Crippen molar-refractivity contribution in [1.29, 1.82) is 5.26 Å². The SMILES string of the molecule is N#CSCCCOC(C(F)(F)F)C(F)(F)F. The molecule has 0 bridgehead atoms. The number of hydrogen-bond acceptors (Lipinski definition) is 3. The summed E-state index contributed by atoms with van der Waals surface area (Å²) in [6, 6.07) is 0. The lowest BCUT2D eigenvalue weighted by Gasteiger charge is -2.22. The number of hydrogen-bond donors (Lipinski definition) is 0. The third-order valence-corrected chi connectivity index (χ3v) is 1.96. The highest BCUT2D eigenvalue weighted by molar-refractivity contribution is 8.03. The van der Waals surface area contributed by atoms with Gasteiger partial charge in [-0.1, -0.05) is 0 Å². The monoisotopic (exact) mass is 267 g/mol. The maximum atomic E-state index is 11.9. The van der Waals surface area contributed by atoms with Gasteiger partial charge in [0.1, 0.15) is 5.40 Å². The molecule has 0 spiro atoms. The number of ether oxygens (including phenoxy) is 1. The van der Waals surface area contributed by atoms with Crippen molar-refractivity contribution >= 4 is 11.8 Å². The van der Waals surface area contributed by atoms with Gasteiger partial charge in [-0.3, -0.25) is 0 Å². The number of nitriles is 1. The lowest BCUT2D eigenvalue weighted by molar-refractivity contribution is -0.321. The highest BCUT2D eigenvalue weighted by Gasteiger charge is 2.57. The van der Waals surface area contributed by atoms with Gasteiger partial charge >= 0.3 is 12.4 Å². The molecule has 0 aliphatic carbocycles. The quantitative estimate of drug-likeness (QED) is 0.436. The molecule has 2 nitrogen and oxygen atoms in total.